The van der Waals surface area contributed by atoms with Crippen LogP contribution in [-0.4, -0.2) is 17.8 Å². The van der Waals surface area contributed by atoms with Crippen molar-refractivity contribution in [1.29, 1.82) is 0 Å². The Morgan fingerprint density at radius 2 is 2.27 bits per heavy atom. The molecule has 84 valence electrons. The van der Waals surface area contributed by atoms with E-state index in [1.165, 1.54) is 6.07 Å². The van der Waals surface area contributed by atoms with Crippen molar-refractivity contribution in [3.05, 3.63) is 34.1 Å². The second-order valence-corrected chi connectivity index (χ2v) is 4.27. The molecule has 0 saturated heterocycles. The molecule has 15 heavy (non-hydrogen) atoms. The van der Waals surface area contributed by atoms with Crippen molar-refractivity contribution in [3.8, 4) is 0 Å². The quantitative estimate of drug-likeness (QED) is 0.865. The average Bonchev–Trinajstić information content (AvgIpc) is 2.24. The second kappa shape index (κ2) is 6.20. The number of rotatable bonds is 5. The molecular formula is C11H15BrFNO. The zero-order valence-corrected chi connectivity index (χ0v) is 10.2. The number of nitrogens with one attached hydrogen (secondary N) is 1. The van der Waals surface area contributed by atoms with Gasteiger partial charge in [0.25, 0.3) is 0 Å². The minimum atomic E-state index is -0.258. The molecule has 0 aliphatic carbocycles. The number of benzene rings is 1. The molecule has 0 unspecified atom stereocenters. The van der Waals surface area contributed by atoms with Crippen molar-refractivity contribution in [3.63, 3.8) is 0 Å². The lowest BCUT2D eigenvalue weighted by Crippen LogP contribution is -2.31. The zero-order valence-electron chi connectivity index (χ0n) is 8.63. The van der Waals surface area contributed by atoms with Gasteiger partial charge in [0.05, 0.1) is 11.1 Å². The van der Waals surface area contributed by atoms with Crippen LogP contribution in [0.4, 0.5) is 4.39 Å². The van der Waals surface area contributed by atoms with Crippen LogP contribution in [0.5, 0.6) is 0 Å². The lowest BCUT2D eigenvalue weighted by atomic mass is 10.2. The summed E-state index contributed by atoms with van der Waals surface area (Å²) in [6, 6.07) is 5.11. The van der Waals surface area contributed by atoms with Gasteiger partial charge >= 0.3 is 0 Å². The first kappa shape index (κ1) is 12.6. The van der Waals surface area contributed by atoms with Gasteiger partial charge in [-0.1, -0.05) is 13.0 Å². The molecule has 0 fully saturated rings. The number of aliphatic hydroxyl groups is 1. The van der Waals surface area contributed by atoms with Crippen LogP contribution in [0.15, 0.2) is 22.7 Å². The van der Waals surface area contributed by atoms with Crippen molar-refractivity contribution in [2.45, 2.75) is 25.9 Å². The smallest absolute Gasteiger partial charge is 0.137 e. The van der Waals surface area contributed by atoms with E-state index in [9.17, 15) is 4.39 Å². The van der Waals surface area contributed by atoms with Gasteiger partial charge < -0.3 is 10.4 Å². The maximum atomic E-state index is 13.1. The van der Waals surface area contributed by atoms with E-state index in [0.717, 1.165) is 12.0 Å². The Balaban J connectivity index is 2.54. The summed E-state index contributed by atoms with van der Waals surface area (Å²) in [6.07, 6.45) is 0.857. The molecule has 1 aromatic rings. The highest BCUT2D eigenvalue weighted by Gasteiger charge is 2.04. The van der Waals surface area contributed by atoms with E-state index >= 15 is 0 Å². The van der Waals surface area contributed by atoms with Crippen LogP contribution < -0.4 is 5.32 Å². The van der Waals surface area contributed by atoms with Crippen LogP contribution in [-0.2, 0) is 6.54 Å². The fraction of sp³-hybridized carbons (Fsp3) is 0.455. The molecule has 1 rings (SSSR count). The van der Waals surface area contributed by atoms with Gasteiger partial charge in [0.2, 0.25) is 0 Å². The number of aliphatic hydroxyl groups excluding tert-OH is 1. The van der Waals surface area contributed by atoms with Gasteiger partial charge in [0, 0.05) is 12.6 Å². The summed E-state index contributed by atoms with van der Waals surface area (Å²) >= 11 is 3.10. The molecule has 1 aromatic carbocycles. The molecule has 0 spiro atoms. The van der Waals surface area contributed by atoms with Gasteiger partial charge in [-0.2, -0.15) is 0 Å². The molecule has 2 nitrogen and oxygen atoms in total. The van der Waals surface area contributed by atoms with Crippen LogP contribution in [0.3, 0.4) is 0 Å². The maximum absolute atomic E-state index is 13.1. The van der Waals surface area contributed by atoms with Crippen LogP contribution in [0, 0.1) is 5.82 Å². The van der Waals surface area contributed by atoms with Crippen molar-refractivity contribution in [2.24, 2.45) is 0 Å². The minimum absolute atomic E-state index is 0.0803. The van der Waals surface area contributed by atoms with Crippen molar-refractivity contribution in [1.82, 2.24) is 5.32 Å². The molecule has 0 amide bonds. The van der Waals surface area contributed by atoms with Gasteiger partial charge in [-0.25, -0.2) is 4.39 Å². The predicted octanol–water partition coefficient (Wildman–Crippen LogP) is 2.45. The first-order valence-electron chi connectivity index (χ1n) is 4.95. The Kier molecular flexibility index (Phi) is 5.22. The van der Waals surface area contributed by atoms with Crippen molar-refractivity contribution >= 4 is 15.9 Å². The molecule has 0 aliphatic rings. The molecule has 2 N–H and O–H groups in total. The lowest BCUT2D eigenvalue weighted by molar-refractivity contribution is 0.238. The summed E-state index contributed by atoms with van der Waals surface area (Å²) in [7, 11) is 0. The monoisotopic (exact) mass is 275 g/mol. The zero-order chi connectivity index (χ0) is 11.3. The summed E-state index contributed by atoms with van der Waals surface area (Å²) in [5.74, 6) is -0.258. The van der Waals surface area contributed by atoms with E-state index in [2.05, 4.69) is 21.2 Å². The molecule has 1 atom stereocenters. The molecule has 0 saturated carbocycles. The molecule has 0 radical (unpaired) electrons. The highest BCUT2D eigenvalue weighted by molar-refractivity contribution is 9.10. The van der Waals surface area contributed by atoms with Crippen LogP contribution in [0.25, 0.3) is 0 Å². The van der Waals surface area contributed by atoms with E-state index in [-0.39, 0.29) is 18.5 Å². The predicted molar refractivity (Wildman–Crippen MR) is 62.1 cm³/mol. The Morgan fingerprint density at radius 1 is 1.53 bits per heavy atom. The molecule has 0 heterocycles. The Labute approximate surface area is 97.6 Å². The van der Waals surface area contributed by atoms with E-state index in [1.807, 2.05) is 13.0 Å². The summed E-state index contributed by atoms with van der Waals surface area (Å²) in [4.78, 5) is 0. The highest BCUT2D eigenvalue weighted by atomic mass is 79.9. The SMILES string of the molecule is CC[C@H](CO)NCc1ccc(Br)c(F)c1. The van der Waals surface area contributed by atoms with E-state index < -0.39 is 0 Å². The molecule has 0 aromatic heterocycles. The highest BCUT2D eigenvalue weighted by Crippen LogP contribution is 2.16. The van der Waals surface area contributed by atoms with E-state index in [0.29, 0.717) is 11.0 Å². The van der Waals surface area contributed by atoms with Crippen LogP contribution >= 0.6 is 15.9 Å². The first-order chi connectivity index (χ1) is 7.17. The Hall–Kier alpha value is -0.450. The third-order valence-corrected chi connectivity index (χ3v) is 2.94. The molecular weight excluding hydrogens is 261 g/mol. The van der Waals surface area contributed by atoms with Crippen LogP contribution in [0.2, 0.25) is 0 Å². The summed E-state index contributed by atoms with van der Waals surface area (Å²) in [5.41, 5.74) is 0.877. The second-order valence-electron chi connectivity index (χ2n) is 3.42. The Morgan fingerprint density at radius 3 is 2.80 bits per heavy atom. The minimum Gasteiger partial charge on any atom is -0.395 e. The Bertz CT molecular complexity index is 315. The number of hydrogen-bond acceptors (Lipinski definition) is 2. The maximum Gasteiger partial charge on any atom is 0.137 e. The number of hydrogen-bond donors (Lipinski definition) is 2. The standard InChI is InChI=1S/C11H15BrFNO/c1-2-9(7-15)14-6-8-3-4-10(12)11(13)5-8/h3-5,9,14-15H,2,6-7H2,1H3/t9-/m1/s1. The fourth-order valence-corrected chi connectivity index (χ4v) is 1.50. The van der Waals surface area contributed by atoms with Gasteiger partial charge in [-0.05, 0) is 40.0 Å². The number of halogens is 2. The molecule has 0 bridgehead atoms. The largest absolute Gasteiger partial charge is 0.395 e. The van der Waals surface area contributed by atoms with Crippen molar-refractivity contribution < 1.29 is 9.50 Å². The topological polar surface area (TPSA) is 32.3 Å². The van der Waals surface area contributed by atoms with Gasteiger partial charge in [-0.3, -0.25) is 0 Å². The summed E-state index contributed by atoms with van der Waals surface area (Å²) in [5, 5.41) is 12.1. The van der Waals surface area contributed by atoms with E-state index in [1.54, 1.807) is 6.07 Å². The van der Waals surface area contributed by atoms with Crippen molar-refractivity contribution in [2.75, 3.05) is 6.61 Å². The molecule has 4 heteroatoms. The van der Waals surface area contributed by atoms with Gasteiger partial charge in [0.1, 0.15) is 5.82 Å². The van der Waals surface area contributed by atoms with Crippen LogP contribution in [0.1, 0.15) is 18.9 Å². The lowest BCUT2D eigenvalue weighted by Gasteiger charge is -2.13. The normalized spacial score (nSPS) is 12.8. The average molecular weight is 276 g/mol. The van der Waals surface area contributed by atoms with E-state index in [4.69, 9.17) is 5.11 Å². The summed E-state index contributed by atoms with van der Waals surface area (Å²) in [6.45, 7) is 2.68. The third kappa shape index (κ3) is 3.89. The van der Waals surface area contributed by atoms with Gasteiger partial charge in [0.15, 0.2) is 0 Å². The fourth-order valence-electron chi connectivity index (χ4n) is 1.25. The third-order valence-electron chi connectivity index (χ3n) is 2.29. The molecule has 0 aliphatic heterocycles. The first-order valence-corrected chi connectivity index (χ1v) is 5.74. The summed E-state index contributed by atoms with van der Waals surface area (Å²) < 4.78 is 13.6. The van der Waals surface area contributed by atoms with Gasteiger partial charge in [-0.15, -0.1) is 0 Å².